The van der Waals surface area contributed by atoms with E-state index in [9.17, 15) is 0 Å². The molecule has 1 N–H and O–H groups in total. The molecule has 2 aliphatic heterocycles. The van der Waals surface area contributed by atoms with Gasteiger partial charge >= 0.3 is 6.85 Å². The molecule has 0 radical (unpaired) electrons. The van der Waals surface area contributed by atoms with Crippen molar-refractivity contribution in [2.75, 3.05) is 0 Å². The van der Waals surface area contributed by atoms with E-state index in [0.29, 0.717) is 13.6 Å². The van der Waals surface area contributed by atoms with Crippen molar-refractivity contribution in [2.24, 2.45) is 0 Å². The van der Waals surface area contributed by atoms with Gasteiger partial charge in [-0.15, -0.1) is 17.9 Å². The summed E-state index contributed by atoms with van der Waals surface area (Å²) in [7, 11) is 0. The van der Waals surface area contributed by atoms with Gasteiger partial charge in [0.1, 0.15) is 0 Å². The molecule has 3 heteroatoms. The van der Waals surface area contributed by atoms with Crippen molar-refractivity contribution in [1.29, 1.82) is 0 Å². The molecule has 0 aromatic rings. The zero-order valence-corrected chi connectivity index (χ0v) is 8.14. The Labute approximate surface area is 86.1 Å². The first kappa shape index (κ1) is 9.20. The minimum Gasteiger partial charge on any atom is -0.427 e. The van der Waals surface area contributed by atoms with Crippen LogP contribution in [0.1, 0.15) is 0 Å². The lowest BCUT2D eigenvalue weighted by molar-refractivity contribution is 1.33. The van der Waals surface area contributed by atoms with Gasteiger partial charge in [0, 0.05) is 0 Å². The molecule has 2 heterocycles. The van der Waals surface area contributed by atoms with E-state index in [2.05, 4.69) is 53.4 Å². The highest BCUT2D eigenvalue weighted by Gasteiger charge is 2.09. The second-order valence-electron chi connectivity index (χ2n) is 3.53. The number of hydrogen-bond donors (Lipinski definition) is 1. The standard InChI is InChI=1S/C11H13B2N/c1-2-6-12(7-3-1)9-10-13-8-4-5-11-14-13/h1-6,8-11,14H,7H2/b10-9+. The van der Waals surface area contributed by atoms with Crippen LogP contribution in [0, 0.1) is 0 Å². The van der Waals surface area contributed by atoms with Crippen molar-refractivity contribution in [3.63, 3.8) is 0 Å². The summed E-state index contributed by atoms with van der Waals surface area (Å²) in [6.45, 7) is 0.931. The molecule has 0 spiro atoms. The third kappa shape index (κ3) is 2.56. The maximum atomic E-state index is 3.26. The lowest BCUT2D eigenvalue weighted by Gasteiger charge is -2.08. The predicted octanol–water partition coefficient (Wildman–Crippen LogP) is 1.98. The van der Waals surface area contributed by atoms with Crippen LogP contribution in [-0.4, -0.2) is 13.6 Å². The molecule has 0 aliphatic carbocycles. The summed E-state index contributed by atoms with van der Waals surface area (Å²) in [6, 6.07) is 0. The van der Waals surface area contributed by atoms with E-state index in [0.717, 1.165) is 6.32 Å². The van der Waals surface area contributed by atoms with Gasteiger partial charge in [-0.1, -0.05) is 30.3 Å². The van der Waals surface area contributed by atoms with E-state index >= 15 is 0 Å². The van der Waals surface area contributed by atoms with Crippen molar-refractivity contribution in [3.8, 4) is 0 Å². The van der Waals surface area contributed by atoms with Crippen LogP contribution < -0.4 is 5.23 Å². The third-order valence-corrected chi connectivity index (χ3v) is 2.39. The summed E-state index contributed by atoms with van der Waals surface area (Å²) in [5.74, 6) is 8.87. The van der Waals surface area contributed by atoms with Gasteiger partial charge in [-0.05, 0) is 18.6 Å². The van der Waals surface area contributed by atoms with Gasteiger partial charge in [-0.25, -0.2) is 0 Å². The summed E-state index contributed by atoms with van der Waals surface area (Å²) in [6.07, 6.45) is 13.6. The Bertz CT molecular complexity index is 294. The van der Waals surface area contributed by atoms with E-state index in [1.54, 1.807) is 0 Å². The van der Waals surface area contributed by atoms with Crippen molar-refractivity contribution in [3.05, 3.63) is 60.5 Å². The molecule has 2 aliphatic rings. The molecule has 0 aromatic heterocycles. The zero-order chi connectivity index (χ0) is 9.64. The fourth-order valence-electron chi connectivity index (χ4n) is 1.59. The Balaban J connectivity index is 1.87. The molecule has 0 bridgehead atoms. The van der Waals surface area contributed by atoms with Crippen molar-refractivity contribution in [1.82, 2.24) is 5.23 Å². The SMILES string of the molecule is C1=CCB(/C=C/B2C=CC=CN2)C=C1. The quantitative estimate of drug-likeness (QED) is 0.642. The predicted molar refractivity (Wildman–Crippen MR) is 65.2 cm³/mol. The molecule has 0 fully saturated rings. The van der Waals surface area contributed by atoms with Gasteiger partial charge in [0.2, 0.25) is 0 Å². The van der Waals surface area contributed by atoms with Crippen molar-refractivity contribution in [2.45, 2.75) is 6.32 Å². The molecule has 0 unspecified atom stereocenters. The largest absolute Gasteiger partial charge is 0.427 e. The normalized spacial score (nSPS) is 19.4. The van der Waals surface area contributed by atoms with Crippen LogP contribution in [0.3, 0.4) is 0 Å². The highest BCUT2D eigenvalue weighted by atomic mass is 14.7. The van der Waals surface area contributed by atoms with E-state index in [1.165, 1.54) is 0 Å². The van der Waals surface area contributed by atoms with E-state index in [1.807, 2.05) is 12.3 Å². The monoisotopic (exact) mass is 181 g/mol. The second-order valence-corrected chi connectivity index (χ2v) is 3.53. The van der Waals surface area contributed by atoms with E-state index in [-0.39, 0.29) is 0 Å². The minimum absolute atomic E-state index is 0.360. The number of rotatable bonds is 2. The Hall–Kier alpha value is -1.37. The molecule has 0 atom stereocenters. The highest BCUT2D eigenvalue weighted by molar-refractivity contribution is 6.74. The first-order valence-electron chi connectivity index (χ1n) is 5.06. The van der Waals surface area contributed by atoms with Crippen molar-refractivity contribution < 1.29 is 0 Å². The minimum atomic E-state index is 0.360. The summed E-state index contributed by atoms with van der Waals surface area (Å²) in [5, 5.41) is 3.26. The van der Waals surface area contributed by atoms with E-state index in [4.69, 9.17) is 0 Å². The molecule has 0 amide bonds. The smallest absolute Gasteiger partial charge is 0.304 e. The maximum absolute atomic E-state index is 3.26. The zero-order valence-electron chi connectivity index (χ0n) is 8.14. The molecule has 68 valence electrons. The lowest BCUT2D eigenvalue weighted by Crippen LogP contribution is -2.27. The van der Waals surface area contributed by atoms with Gasteiger partial charge < -0.3 is 5.23 Å². The number of hydrogen-bond acceptors (Lipinski definition) is 1. The highest BCUT2D eigenvalue weighted by Crippen LogP contribution is 2.05. The fraction of sp³-hybridized carbons (Fsp3) is 0.0909. The fourth-order valence-corrected chi connectivity index (χ4v) is 1.59. The number of allylic oxidation sites excluding steroid dienone is 5. The Morgan fingerprint density at radius 3 is 2.64 bits per heavy atom. The van der Waals surface area contributed by atoms with Crippen LogP contribution in [0.2, 0.25) is 6.32 Å². The number of nitrogens with one attached hydrogen (secondary N) is 1. The molecule has 0 saturated carbocycles. The topological polar surface area (TPSA) is 12.0 Å². The van der Waals surface area contributed by atoms with Crippen LogP contribution in [-0.2, 0) is 0 Å². The van der Waals surface area contributed by atoms with Crippen LogP contribution in [0.25, 0.3) is 0 Å². The molecule has 1 nitrogen and oxygen atoms in total. The first-order valence-corrected chi connectivity index (χ1v) is 5.06. The summed E-state index contributed by atoms with van der Waals surface area (Å²) >= 11 is 0. The Kier molecular flexibility index (Phi) is 3.12. The molecule has 0 aromatic carbocycles. The van der Waals surface area contributed by atoms with Gasteiger partial charge in [-0.3, -0.25) is 0 Å². The van der Waals surface area contributed by atoms with Crippen LogP contribution in [0.4, 0.5) is 0 Å². The third-order valence-electron chi connectivity index (χ3n) is 2.39. The Morgan fingerprint density at radius 2 is 1.93 bits per heavy atom. The Morgan fingerprint density at radius 1 is 1.00 bits per heavy atom. The molecule has 0 saturated heterocycles. The van der Waals surface area contributed by atoms with Crippen LogP contribution in [0.15, 0.2) is 60.5 Å². The summed E-state index contributed by atoms with van der Waals surface area (Å²) in [5.41, 5.74) is 0. The molecular formula is C11H13B2N. The van der Waals surface area contributed by atoms with Gasteiger partial charge in [0.05, 0.1) is 0 Å². The van der Waals surface area contributed by atoms with Crippen LogP contribution >= 0.6 is 0 Å². The average Bonchev–Trinajstić information content (AvgIpc) is 2.29. The van der Waals surface area contributed by atoms with Crippen molar-refractivity contribution >= 4 is 13.6 Å². The van der Waals surface area contributed by atoms with Crippen LogP contribution in [0.5, 0.6) is 0 Å². The van der Waals surface area contributed by atoms with Gasteiger partial charge in [0.15, 0.2) is 6.71 Å². The molecular weight excluding hydrogens is 168 g/mol. The van der Waals surface area contributed by atoms with E-state index < -0.39 is 0 Å². The molecule has 2 rings (SSSR count). The second kappa shape index (κ2) is 4.75. The maximum Gasteiger partial charge on any atom is 0.304 e. The summed E-state index contributed by atoms with van der Waals surface area (Å²) < 4.78 is 0. The average molecular weight is 181 g/mol. The lowest BCUT2D eigenvalue weighted by atomic mass is 9.44. The van der Waals surface area contributed by atoms with Gasteiger partial charge in [0.25, 0.3) is 0 Å². The van der Waals surface area contributed by atoms with Gasteiger partial charge in [-0.2, -0.15) is 0 Å². The molecule has 14 heavy (non-hydrogen) atoms. The first-order chi connectivity index (χ1) is 6.95. The summed E-state index contributed by atoms with van der Waals surface area (Å²) in [4.78, 5) is 0.